The van der Waals surface area contributed by atoms with Gasteiger partial charge in [0.1, 0.15) is 12.4 Å². The molecule has 0 N–H and O–H groups in total. The van der Waals surface area contributed by atoms with Gasteiger partial charge in [-0.1, -0.05) is 35.9 Å². The first-order chi connectivity index (χ1) is 13.6. The van der Waals surface area contributed by atoms with Gasteiger partial charge in [0, 0.05) is 31.7 Å². The topological polar surface area (TPSA) is 59.1 Å². The molecule has 28 heavy (non-hydrogen) atoms. The van der Waals surface area contributed by atoms with E-state index in [1.165, 1.54) is 5.56 Å². The van der Waals surface area contributed by atoms with E-state index in [9.17, 15) is 9.59 Å². The SMILES string of the molecule is CCOC(=O)N1CCN(C(=O)c2cccc(OCc3cccc(C)c3)c2)CC1. The molecule has 1 aliphatic rings. The summed E-state index contributed by atoms with van der Waals surface area (Å²) in [5.41, 5.74) is 2.87. The summed E-state index contributed by atoms with van der Waals surface area (Å²) in [6, 6.07) is 15.4. The molecule has 0 unspecified atom stereocenters. The van der Waals surface area contributed by atoms with Gasteiger partial charge in [-0.15, -0.1) is 0 Å². The summed E-state index contributed by atoms with van der Waals surface area (Å²) in [4.78, 5) is 28.0. The number of amides is 2. The van der Waals surface area contributed by atoms with E-state index in [1.807, 2.05) is 37.3 Å². The highest BCUT2D eigenvalue weighted by Gasteiger charge is 2.25. The molecule has 6 nitrogen and oxygen atoms in total. The standard InChI is InChI=1S/C22H26N2O4/c1-3-27-22(26)24-12-10-23(11-13-24)21(25)19-8-5-9-20(15-19)28-16-18-7-4-6-17(2)14-18/h4-9,14-15H,3,10-13,16H2,1-2H3. The number of hydrogen-bond acceptors (Lipinski definition) is 4. The van der Waals surface area contributed by atoms with Crippen molar-refractivity contribution in [3.63, 3.8) is 0 Å². The van der Waals surface area contributed by atoms with Gasteiger partial charge in [0.05, 0.1) is 6.61 Å². The van der Waals surface area contributed by atoms with Crippen molar-refractivity contribution in [3.05, 3.63) is 65.2 Å². The second-order valence-electron chi connectivity index (χ2n) is 6.78. The smallest absolute Gasteiger partial charge is 0.409 e. The Morgan fingerprint density at radius 2 is 1.68 bits per heavy atom. The van der Waals surface area contributed by atoms with E-state index >= 15 is 0 Å². The first-order valence-electron chi connectivity index (χ1n) is 9.56. The molecular formula is C22H26N2O4. The minimum Gasteiger partial charge on any atom is -0.489 e. The molecule has 148 valence electrons. The minimum absolute atomic E-state index is 0.0514. The maximum atomic E-state index is 12.8. The van der Waals surface area contributed by atoms with Gasteiger partial charge in [-0.2, -0.15) is 0 Å². The quantitative estimate of drug-likeness (QED) is 0.794. The predicted octanol–water partition coefficient (Wildman–Crippen LogP) is 3.49. The van der Waals surface area contributed by atoms with Crippen molar-refractivity contribution in [2.45, 2.75) is 20.5 Å². The fourth-order valence-electron chi connectivity index (χ4n) is 3.18. The first-order valence-corrected chi connectivity index (χ1v) is 9.56. The lowest BCUT2D eigenvalue weighted by Gasteiger charge is -2.34. The fraction of sp³-hybridized carbons (Fsp3) is 0.364. The van der Waals surface area contributed by atoms with Crippen LogP contribution in [0, 0.1) is 6.92 Å². The van der Waals surface area contributed by atoms with Crippen molar-refractivity contribution in [2.75, 3.05) is 32.8 Å². The van der Waals surface area contributed by atoms with E-state index in [2.05, 4.69) is 6.07 Å². The van der Waals surface area contributed by atoms with Gasteiger partial charge in [-0.25, -0.2) is 4.79 Å². The van der Waals surface area contributed by atoms with Crippen LogP contribution in [0.4, 0.5) is 4.79 Å². The van der Waals surface area contributed by atoms with Crippen LogP contribution < -0.4 is 4.74 Å². The molecule has 2 aromatic carbocycles. The molecule has 0 spiro atoms. The van der Waals surface area contributed by atoms with Gasteiger partial charge >= 0.3 is 6.09 Å². The molecule has 2 amide bonds. The number of hydrogen-bond donors (Lipinski definition) is 0. The second-order valence-corrected chi connectivity index (χ2v) is 6.78. The predicted molar refractivity (Wildman–Crippen MR) is 106 cm³/mol. The van der Waals surface area contributed by atoms with Crippen molar-refractivity contribution >= 4 is 12.0 Å². The van der Waals surface area contributed by atoms with Crippen molar-refractivity contribution in [1.29, 1.82) is 0 Å². The van der Waals surface area contributed by atoms with Crippen LogP contribution >= 0.6 is 0 Å². The molecule has 0 atom stereocenters. The van der Waals surface area contributed by atoms with Crippen LogP contribution in [0.3, 0.4) is 0 Å². The van der Waals surface area contributed by atoms with E-state index in [0.717, 1.165) is 5.56 Å². The highest BCUT2D eigenvalue weighted by atomic mass is 16.6. The normalized spacial score (nSPS) is 13.9. The van der Waals surface area contributed by atoms with Crippen LogP contribution in [-0.4, -0.2) is 54.6 Å². The molecule has 2 aromatic rings. The Bertz CT molecular complexity index is 829. The van der Waals surface area contributed by atoms with Gasteiger partial charge in [0.2, 0.25) is 0 Å². The number of rotatable bonds is 5. The molecule has 0 saturated carbocycles. The third-order valence-electron chi connectivity index (χ3n) is 4.66. The lowest BCUT2D eigenvalue weighted by Crippen LogP contribution is -2.50. The Labute approximate surface area is 165 Å². The van der Waals surface area contributed by atoms with Crippen LogP contribution in [0.25, 0.3) is 0 Å². The second kappa shape index (κ2) is 9.26. The largest absolute Gasteiger partial charge is 0.489 e. The molecule has 0 radical (unpaired) electrons. The third-order valence-corrected chi connectivity index (χ3v) is 4.66. The Hall–Kier alpha value is -3.02. The van der Waals surface area contributed by atoms with E-state index in [4.69, 9.17) is 9.47 Å². The molecule has 0 aromatic heterocycles. The molecule has 1 aliphatic heterocycles. The molecule has 1 saturated heterocycles. The number of piperazine rings is 1. The maximum Gasteiger partial charge on any atom is 0.409 e. The van der Waals surface area contributed by atoms with Gasteiger partial charge in [-0.05, 0) is 37.6 Å². The zero-order valence-electron chi connectivity index (χ0n) is 16.4. The van der Waals surface area contributed by atoms with E-state index in [1.54, 1.807) is 28.9 Å². The van der Waals surface area contributed by atoms with Crippen LogP contribution in [-0.2, 0) is 11.3 Å². The number of nitrogens with zero attached hydrogens (tertiary/aromatic N) is 2. The number of benzene rings is 2. The molecule has 0 aliphatic carbocycles. The fourth-order valence-corrected chi connectivity index (χ4v) is 3.18. The van der Waals surface area contributed by atoms with Crippen molar-refractivity contribution in [2.24, 2.45) is 0 Å². The molecule has 1 heterocycles. The van der Waals surface area contributed by atoms with Crippen LogP contribution in [0.5, 0.6) is 5.75 Å². The van der Waals surface area contributed by atoms with E-state index < -0.39 is 0 Å². The lowest BCUT2D eigenvalue weighted by molar-refractivity contribution is 0.0570. The average Bonchev–Trinajstić information content (AvgIpc) is 2.72. The Kier molecular flexibility index (Phi) is 6.53. The minimum atomic E-state index is -0.318. The van der Waals surface area contributed by atoms with Gasteiger partial charge in [0.25, 0.3) is 5.91 Å². The monoisotopic (exact) mass is 382 g/mol. The zero-order valence-corrected chi connectivity index (χ0v) is 16.4. The Morgan fingerprint density at radius 3 is 2.39 bits per heavy atom. The number of carbonyl (C=O) groups excluding carboxylic acids is 2. The number of aryl methyl sites for hydroxylation is 1. The lowest BCUT2D eigenvalue weighted by atomic mass is 10.1. The van der Waals surface area contributed by atoms with Crippen LogP contribution in [0.2, 0.25) is 0 Å². The number of carbonyl (C=O) groups is 2. The van der Waals surface area contributed by atoms with E-state index in [-0.39, 0.29) is 12.0 Å². The van der Waals surface area contributed by atoms with Gasteiger partial charge in [-0.3, -0.25) is 4.79 Å². The number of ether oxygens (including phenoxy) is 2. The van der Waals surface area contributed by atoms with Crippen molar-refractivity contribution in [1.82, 2.24) is 9.80 Å². The first kappa shape index (κ1) is 19.7. The van der Waals surface area contributed by atoms with Crippen molar-refractivity contribution < 1.29 is 19.1 Å². The summed E-state index contributed by atoms with van der Waals surface area (Å²) in [5.74, 6) is 0.613. The molecule has 6 heteroatoms. The molecule has 3 rings (SSSR count). The van der Waals surface area contributed by atoms with Crippen molar-refractivity contribution in [3.8, 4) is 5.75 Å². The average molecular weight is 382 g/mol. The van der Waals surface area contributed by atoms with E-state index in [0.29, 0.717) is 50.7 Å². The highest BCUT2D eigenvalue weighted by molar-refractivity contribution is 5.94. The summed E-state index contributed by atoms with van der Waals surface area (Å²) < 4.78 is 10.9. The molecular weight excluding hydrogens is 356 g/mol. The highest BCUT2D eigenvalue weighted by Crippen LogP contribution is 2.18. The summed E-state index contributed by atoms with van der Waals surface area (Å²) in [6.07, 6.45) is -0.318. The summed E-state index contributed by atoms with van der Waals surface area (Å²) in [6.45, 7) is 6.58. The molecule has 0 bridgehead atoms. The van der Waals surface area contributed by atoms with Crippen LogP contribution in [0.15, 0.2) is 48.5 Å². The zero-order chi connectivity index (χ0) is 19.9. The summed E-state index contributed by atoms with van der Waals surface area (Å²) in [5, 5.41) is 0. The maximum absolute atomic E-state index is 12.8. The summed E-state index contributed by atoms with van der Waals surface area (Å²) >= 11 is 0. The Morgan fingerprint density at radius 1 is 0.964 bits per heavy atom. The Balaban J connectivity index is 1.57. The molecule has 1 fully saturated rings. The van der Waals surface area contributed by atoms with Gasteiger partial charge < -0.3 is 19.3 Å². The van der Waals surface area contributed by atoms with Crippen LogP contribution in [0.1, 0.15) is 28.4 Å². The van der Waals surface area contributed by atoms with Gasteiger partial charge in [0.15, 0.2) is 0 Å². The summed E-state index contributed by atoms with van der Waals surface area (Å²) in [7, 11) is 0. The third kappa shape index (κ3) is 5.03.